The number of rotatable bonds is 7. The third kappa shape index (κ3) is 6.15. The van der Waals surface area contributed by atoms with Gasteiger partial charge in [-0.2, -0.15) is 8.78 Å². The van der Waals surface area contributed by atoms with Crippen molar-refractivity contribution in [1.29, 1.82) is 0 Å². The van der Waals surface area contributed by atoms with Gasteiger partial charge in [0.15, 0.2) is 0 Å². The van der Waals surface area contributed by atoms with Crippen LogP contribution in [0.15, 0.2) is 24.3 Å². The second-order valence-electron chi connectivity index (χ2n) is 5.52. The number of ether oxygens (including phenoxy) is 1. The first kappa shape index (κ1) is 20.6. The predicted octanol–water partition coefficient (Wildman–Crippen LogP) is 2.74. The molecule has 0 saturated heterocycles. The van der Waals surface area contributed by atoms with Crippen molar-refractivity contribution in [3.63, 3.8) is 0 Å². The Bertz CT molecular complexity index is 469. The zero-order valence-corrected chi connectivity index (χ0v) is 13.8. The molecule has 1 aromatic carbocycles. The second kappa shape index (κ2) is 8.90. The third-order valence-electron chi connectivity index (χ3n) is 3.64. The van der Waals surface area contributed by atoms with Crippen LogP contribution in [0.5, 0.6) is 5.75 Å². The molecule has 7 heteroatoms. The Kier molecular flexibility index (Phi) is 8.34. The molecule has 0 aromatic heterocycles. The molecule has 0 aliphatic heterocycles. The molecule has 22 heavy (non-hydrogen) atoms. The van der Waals surface area contributed by atoms with Crippen molar-refractivity contribution < 1.29 is 18.3 Å². The summed E-state index contributed by atoms with van der Waals surface area (Å²) in [6.07, 6.45) is 0.164. The van der Waals surface area contributed by atoms with Gasteiger partial charge in [0.05, 0.1) is 12.0 Å². The highest BCUT2D eigenvalue weighted by molar-refractivity contribution is 5.85. The number of amides is 1. The van der Waals surface area contributed by atoms with Crippen LogP contribution in [0.2, 0.25) is 0 Å². The number of hydrogen-bond acceptors (Lipinski definition) is 3. The standard InChI is InChI=1S/C15H22F2N2O2.ClH/c1-10(2)15(3,9-18)19-13(20)8-11-4-6-12(7-5-11)21-14(16)17;/h4-7,10,14H,8-9,18H2,1-3H3,(H,19,20);1H. The first-order valence-corrected chi connectivity index (χ1v) is 6.81. The molecule has 0 spiro atoms. The lowest BCUT2D eigenvalue weighted by atomic mass is 9.88. The van der Waals surface area contributed by atoms with Crippen LogP contribution >= 0.6 is 12.4 Å². The molecular formula is C15H23ClF2N2O2. The number of alkyl halides is 2. The maximum atomic E-state index is 12.0. The fraction of sp³-hybridized carbons (Fsp3) is 0.533. The number of hydrogen-bond donors (Lipinski definition) is 2. The highest BCUT2D eigenvalue weighted by Gasteiger charge is 2.28. The molecule has 0 radical (unpaired) electrons. The summed E-state index contributed by atoms with van der Waals surface area (Å²) < 4.78 is 28.3. The van der Waals surface area contributed by atoms with E-state index in [1.807, 2.05) is 20.8 Å². The molecule has 1 aromatic rings. The topological polar surface area (TPSA) is 64.3 Å². The molecule has 0 bridgehead atoms. The molecule has 0 heterocycles. The molecule has 3 N–H and O–H groups in total. The number of carbonyl (C=O) groups is 1. The van der Waals surface area contributed by atoms with E-state index < -0.39 is 12.2 Å². The molecule has 0 fully saturated rings. The van der Waals surface area contributed by atoms with E-state index in [4.69, 9.17) is 5.73 Å². The van der Waals surface area contributed by atoms with Crippen molar-refractivity contribution in [3.8, 4) is 5.75 Å². The van der Waals surface area contributed by atoms with Gasteiger partial charge in [-0.25, -0.2) is 0 Å². The first-order valence-electron chi connectivity index (χ1n) is 6.81. The van der Waals surface area contributed by atoms with Crippen LogP contribution in [0.4, 0.5) is 8.78 Å². The summed E-state index contributed by atoms with van der Waals surface area (Å²) in [5.74, 6) is 0.121. The van der Waals surface area contributed by atoms with Crippen LogP contribution in [-0.2, 0) is 11.2 Å². The van der Waals surface area contributed by atoms with E-state index in [-0.39, 0.29) is 36.4 Å². The normalized spacial score (nSPS) is 13.5. The van der Waals surface area contributed by atoms with Crippen molar-refractivity contribution in [2.24, 2.45) is 11.7 Å². The Morgan fingerprint density at radius 2 is 1.86 bits per heavy atom. The smallest absolute Gasteiger partial charge is 0.387 e. The lowest BCUT2D eigenvalue weighted by molar-refractivity contribution is -0.122. The maximum absolute atomic E-state index is 12.0. The lowest BCUT2D eigenvalue weighted by Crippen LogP contribution is -2.55. The molecule has 1 unspecified atom stereocenters. The Labute approximate surface area is 135 Å². The average molecular weight is 337 g/mol. The summed E-state index contributed by atoms with van der Waals surface area (Å²) in [7, 11) is 0. The molecule has 0 saturated carbocycles. The van der Waals surface area contributed by atoms with Crippen LogP contribution < -0.4 is 15.8 Å². The van der Waals surface area contributed by atoms with Crippen molar-refractivity contribution in [2.75, 3.05) is 6.54 Å². The molecular weight excluding hydrogens is 314 g/mol. The zero-order chi connectivity index (χ0) is 16.0. The van der Waals surface area contributed by atoms with Gasteiger partial charge in [0.1, 0.15) is 5.75 Å². The minimum Gasteiger partial charge on any atom is -0.435 e. The number of nitrogens with two attached hydrogens (primary N) is 1. The Hall–Kier alpha value is -1.40. The van der Waals surface area contributed by atoms with Gasteiger partial charge in [-0.15, -0.1) is 12.4 Å². The number of halogens is 3. The summed E-state index contributed by atoms with van der Waals surface area (Å²) in [6, 6.07) is 6.01. The monoisotopic (exact) mass is 336 g/mol. The van der Waals surface area contributed by atoms with Gasteiger partial charge in [0, 0.05) is 6.54 Å². The highest BCUT2D eigenvalue weighted by Crippen LogP contribution is 2.17. The molecule has 0 aliphatic rings. The Morgan fingerprint density at radius 1 is 1.32 bits per heavy atom. The number of benzene rings is 1. The van der Waals surface area contributed by atoms with Gasteiger partial charge in [0.2, 0.25) is 5.91 Å². The summed E-state index contributed by atoms with van der Waals surface area (Å²) in [4.78, 5) is 12.0. The van der Waals surface area contributed by atoms with Crippen LogP contribution in [0.1, 0.15) is 26.3 Å². The van der Waals surface area contributed by atoms with Crippen molar-refractivity contribution >= 4 is 18.3 Å². The second-order valence-corrected chi connectivity index (χ2v) is 5.52. The van der Waals surface area contributed by atoms with E-state index in [1.54, 1.807) is 12.1 Å². The number of nitrogens with one attached hydrogen (secondary N) is 1. The maximum Gasteiger partial charge on any atom is 0.387 e. The van der Waals surface area contributed by atoms with Gasteiger partial charge in [-0.1, -0.05) is 26.0 Å². The fourth-order valence-electron chi connectivity index (χ4n) is 1.77. The molecule has 1 amide bonds. The molecule has 4 nitrogen and oxygen atoms in total. The zero-order valence-electron chi connectivity index (χ0n) is 12.9. The molecule has 0 aliphatic carbocycles. The van der Waals surface area contributed by atoms with Gasteiger partial charge < -0.3 is 15.8 Å². The first-order chi connectivity index (χ1) is 9.76. The third-order valence-corrected chi connectivity index (χ3v) is 3.64. The van der Waals surface area contributed by atoms with Crippen LogP contribution in [0.25, 0.3) is 0 Å². The Balaban J connectivity index is 0.00000441. The van der Waals surface area contributed by atoms with E-state index in [9.17, 15) is 13.6 Å². The van der Waals surface area contributed by atoms with Crippen molar-refractivity contribution in [3.05, 3.63) is 29.8 Å². The molecule has 1 rings (SSSR count). The summed E-state index contributed by atoms with van der Waals surface area (Å²) in [5, 5.41) is 2.92. The lowest BCUT2D eigenvalue weighted by Gasteiger charge is -2.33. The average Bonchev–Trinajstić information content (AvgIpc) is 2.40. The number of carbonyl (C=O) groups excluding carboxylic acids is 1. The quantitative estimate of drug-likeness (QED) is 0.804. The van der Waals surface area contributed by atoms with E-state index >= 15 is 0 Å². The van der Waals surface area contributed by atoms with Gasteiger partial charge in [-0.3, -0.25) is 4.79 Å². The summed E-state index contributed by atoms with van der Waals surface area (Å²) >= 11 is 0. The van der Waals surface area contributed by atoms with Crippen molar-refractivity contribution in [2.45, 2.75) is 39.3 Å². The highest BCUT2D eigenvalue weighted by atomic mass is 35.5. The van der Waals surface area contributed by atoms with Gasteiger partial charge >= 0.3 is 6.61 Å². The summed E-state index contributed by atoms with van der Waals surface area (Å²) in [6.45, 7) is 3.37. The summed E-state index contributed by atoms with van der Waals surface area (Å²) in [5.41, 5.74) is 5.97. The predicted molar refractivity (Wildman–Crippen MR) is 84.5 cm³/mol. The largest absolute Gasteiger partial charge is 0.435 e. The van der Waals surface area contributed by atoms with Gasteiger partial charge in [0.25, 0.3) is 0 Å². The van der Waals surface area contributed by atoms with Crippen molar-refractivity contribution in [1.82, 2.24) is 5.32 Å². The van der Waals surface area contributed by atoms with Crippen LogP contribution in [-0.4, -0.2) is 24.6 Å². The van der Waals surface area contributed by atoms with Gasteiger partial charge in [-0.05, 0) is 30.5 Å². The van der Waals surface area contributed by atoms with E-state index in [0.717, 1.165) is 5.56 Å². The van der Waals surface area contributed by atoms with E-state index in [0.29, 0.717) is 6.54 Å². The van der Waals surface area contributed by atoms with Crippen LogP contribution in [0.3, 0.4) is 0 Å². The molecule has 1 atom stereocenters. The molecule has 126 valence electrons. The minimum atomic E-state index is -2.85. The minimum absolute atomic E-state index is 0. The van der Waals surface area contributed by atoms with E-state index in [1.165, 1.54) is 12.1 Å². The van der Waals surface area contributed by atoms with E-state index in [2.05, 4.69) is 10.1 Å². The Morgan fingerprint density at radius 3 is 2.27 bits per heavy atom. The van der Waals surface area contributed by atoms with Crippen LogP contribution in [0, 0.1) is 5.92 Å². The SMILES string of the molecule is CC(C)C(C)(CN)NC(=O)Cc1ccc(OC(F)F)cc1.Cl. The fourth-order valence-corrected chi connectivity index (χ4v) is 1.77.